The van der Waals surface area contributed by atoms with Gasteiger partial charge in [0.05, 0.1) is 17.7 Å². The minimum absolute atomic E-state index is 0.327. The summed E-state index contributed by atoms with van der Waals surface area (Å²) in [5, 5.41) is 7.92. The maximum atomic E-state index is 12.1. The van der Waals surface area contributed by atoms with E-state index in [-0.39, 0.29) is 5.97 Å². The number of nitrogens with one attached hydrogen (secondary N) is 2. The SMILES string of the molecule is COC(=O)c1c(NC(=S)Nc2ccc(Br)c(Cl)c2)sc2c1CCC2. The zero-order valence-electron chi connectivity index (χ0n) is 12.7. The van der Waals surface area contributed by atoms with E-state index in [2.05, 4.69) is 26.6 Å². The molecule has 0 atom stereocenters. The molecule has 4 nitrogen and oxygen atoms in total. The second-order valence-corrected chi connectivity index (χ2v) is 8.04. The summed E-state index contributed by atoms with van der Waals surface area (Å²) in [7, 11) is 1.39. The number of fused-ring (bicyclic) bond motifs is 1. The lowest BCUT2D eigenvalue weighted by atomic mass is 10.1. The lowest BCUT2D eigenvalue weighted by Gasteiger charge is -2.11. The fourth-order valence-electron chi connectivity index (χ4n) is 2.65. The average molecular weight is 446 g/mol. The summed E-state index contributed by atoms with van der Waals surface area (Å²) in [6.45, 7) is 0. The Hall–Kier alpha value is -1.15. The molecule has 0 unspecified atom stereocenters. The number of ether oxygens (including phenoxy) is 1. The van der Waals surface area contributed by atoms with Crippen molar-refractivity contribution in [3.8, 4) is 0 Å². The van der Waals surface area contributed by atoms with Crippen LogP contribution in [0.25, 0.3) is 0 Å². The molecule has 0 amide bonds. The van der Waals surface area contributed by atoms with E-state index in [9.17, 15) is 4.79 Å². The summed E-state index contributed by atoms with van der Waals surface area (Å²) >= 11 is 16.4. The van der Waals surface area contributed by atoms with E-state index in [1.54, 1.807) is 17.4 Å². The van der Waals surface area contributed by atoms with Gasteiger partial charge in [-0.2, -0.15) is 0 Å². The van der Waals surface area contributed by atoms with Gasteiger partial charge in [-0.3, -0.25) is 0 Å². The minimum Gasteiger partial charge on any atom is -0.465 e. The van der Waals surface area contributed by atoms with Crippen LogP contribution in [0.2, 0.25) is 5.02 Å². The molecule has 126 valence electrons. The summed E-state index contributed by atoms with van der Waals surface area (Å²) in [5.41, 5.74) is 2.46. The van der Waals surface area contributed by atoms with Crippen LogP contribution in [0.5, 0.6) is 0 Å². The van der Waals surface area contributed by atoms with Crippen molar-refractivity contribution in [3.63, 3.8) is 0 Å². The monoisotopic (exact) mass is 444 g/mol. The Kier molecular flexibility index (Phi) is 5.44. The second-order valence-electron chi connectivity index (χ2n) is 5.26. The van der Waals surface area contributed by atoms with Crippen molar-refractivity contribution in [2.45, 2.75) is 19.3 Å². The predicted molar refractivity (Wildman–Crippen MR) is 107 cm³/mol. The molecule has 2 aromatic rings. The Morgan fingerprint density at radius 3 is 2.88 bits per heavy atom. The topological polar surface area (TPSA) is 50.4 Å². The maximum absolute atomic E-state index is 12.1. The number of benzene rings is 1. The molecule has 0 saturated heterocycles. The second kappa shape index (κ2) is 7.39. The molecular formula is C16H14BrClN2O2S2. The molecule has 0 saturated carbocycles. The van der Waals surface area contributed by atoms with Crippen LogP contribution in [0.3, 0.4) is 0 Å². The highest BCUT2D eigenvalue weighted by Gasteiger charge is 2.27. The number of anilines is 2. The van der Waals surface area contributed by atoms with Crippen molar-refractivity contribution in [3.05, 3.63) is 43.7 Å². The van der Waals surface area contributed by atoms with E-state index in [0.29, 0.717) is 15.7 Å². The summed E-state index contributed by atoms with van der Waals surface area (Å²) in [4.78, 5) is 13.4. The molecule has 0 radical (unpaired) electrons. The number of carbonyl (C=O) groups excluding carboxylic acids is 1. The molecule has 1 heterocycles. The number of hydrogen-bond donors (Lipinski definition) is 2. The van der Waals surface area contributed by atoms with Crippen molar-refractivity contribution in [1.29, 1.82) is 0 Å². The van der Waals surface area contributed by atoms with Gasteiger partial charge in [-0.1, -0.05) is 11.6 Å². The average Bonchev–Trinajstić information content (AvgIpc) is 3.10. The molecule has 0 fully saturated rings. The van der Waals surface area contributed by atoms with Crippen molar-refractivity contribution in [2.24, 2.45) is 0 Å². The molecule has 3 rings (SSSR count). The molecule has 1 aliphatic carbocycles. The zero-order valence-corrected chi connectivity index (χ0v) is 16.7. The van der Waals surface area contributed by atoms with Gasteiger partial charge in [0.2, 0.25) is 0 Å². The fourth-order valence-corrected chi connectivity index (χ4v) is 4.64. The number of thiocarbonyl (C=S) groups is 1. The lowest BCUT2D eigenvalue weighted by Crippen LogP contribution is -2.20. The minimum atomic E-state index is -0.327. The molecule has 2 N–H and O–H groups in total. The van der Waals surface area contributed by atoms with Crippen LogP contribution >= 0.6 is 51.1 Å². The zero-order chi connectivity index (χ0) is 17.3. The third kappa shape index (κ3) is 3.59. The van der Waals surface area contributed by atoms with Gasteiger partial charge in [0.15, 0.2) is 5.11 Å². The van der Waals surface area contributed by atoms with E-state index < -0.39 is 0 Å². The maximum Gasteiger partial charge on any atom is 0.341 e. The number of hydrogen-bond acceptors (Lipinski definition) is 4. The Bertz CT molecular complexity index is 823. The van der Waals surface area contributed by atoms with Crippen LogP contribution in [-0.4, -0.2) is 18.2 Å². The van der Waals surface area contributed by atoms with Crippen LogP contribution in [0.15, 0.2) is 22.7 Å². The first-order valence-corrected chi connectivity index (χ1v) is 9.65. The first kappa shape index (κ1) is 17.7. The smallest absolute Gasteiger partial charge is 0.341 e. The quantitative estimate of drug-likeness (QED) is 0.499. The van der Waals surface area contributed by atoms with Gasteiger partial charge in [-0.25, -0.2) is 4.79 Å². The van der Waals surface area contributed by atoms with Gasteiger partial charge in [0.25, 0.3) is 0 Å². The Balaban J connectivity index is 1.79. The third-order valence-electron chi connectivity index (χ3n) is 3.72. The van der Waals surface area contributed by atoms with Crippen LogP contribution in [0.4, 0.5) is 10.7 Å². The van der Waals surface area contributed by atoms with Crippen molar-refractivity contribution >= 4 is 72.9 Å². The molecule has 1 aromatic carbocycles. The molecule has 0 bridgehead atoms. The first-order chi connectivity index (χ1) is 11.5. The van der Waals surface area contributed by atoms with Gasteiger partial charge in [-0.15, -0.1) is 11.3 Å². The number of esters is 1. The van der Waals surface area contributed by atoms with Crippen molar-refractivity contribution in [1.82, 2.24) is 0 Å². The molecule has 1 aromatic heterocycles. The highest BCUT2D eigenvalue weighted by atomic mass is 79.9. The number of thiophene rings is 1. The van der Waals surface area contributed by atoms with Gasteiger partial charge in [-0.05, 0) is 71.2 Å². The molecule has 24 heavy (non-hydrogen) atoms. The van der Waals surface area contributed by atoms with E-state index in [0.717, 1.165) is 40.0 Å². The number of rotatable bonds is 3. The summed E-state index contributed by atoms with van der Waals surface area (Å²) in [6, 6.07) is 5.47. The number of halogens is 2. The van der Waals surface area contributed by atoms with E-state index >= 15 is 0 Å². The van der Waals surface area contributed by atoms with Crippen LogP contribution < -0.4 is 10.6 Å². The highest BCUT2D eigenvalue weighted by molar-refractivity contribution is 9.10. The number of carbonyl (C=O) groups is 1. The standard InChI is InChI=1S/C16H14BrClN2O2S2/c1-22-15(21)13-9-3-2-4-12(9)24-14(13)20-16(23)19-8-5-6-10(17)11(18)7-8/h5-7H,2-4H2,1H3,(H2,19,20,23). The van der Waals surface area contributed by atoms with Crippen molar-refractivity contribution < 1.29 is 9.53 Å². The van der Waals surface area contributed by atoms with Gasteiger partial charge >= 0.3 is 5.97 Å². The Morgan fingerprint density at radius 1 is 1.38 bits per heavy atom. The molecule has 0 spiro atoms. The van der Waals surface area contributed by atoms with E-state index in [1.165, 1.54) is 12.0 Å². The predicted octanol–water partition coefficient (Wildman–Crippen LogP) is 5.25. The summed E-state index contributed by atoms with van der Waals surface area (Å²) in [5.74, 6) is -0.327. The molecule has 0 aliphatic heterocycles. The van der Waals surface area contributed by atoms with Gasteiger partial charge < -0.3 is 15.4 Å². The Labute approximate surface area is 162 Å². The molecule has 8 heteroatoms. The third-order valence-corrected chi connectivity index (χ3v) is 6.36. The highest BCUT2D eigenvalue weighted by Crippen LogP contribution is 2.39. The van der Waals surface area contributed by atoms with Crippen LogP contribution in [0.1, 0.15) is 27.2 Å². The molecule has 1 aliphatic rings. The largest absolute Gasteiger partial charge is 0.465 e. The normalized spacial score (nSPS) is 12.6. The van der Waals surface area contributed by atoms with Crippen molar-refractivity contribution in [2.75, 3.05) is 17.7 Å². The Morgan fingerprint density at radius 2 is 2.17 bits per heavy atom. The summed E-state index contributed by atoms with van der Waals surface area (Å²) < 4.78 is 5.75. The number of aryl methyl sites for hydroxylation is 1. The molecular weight excluding hydrogens is 432 g/mol. The fraction of sp³-hybridized carbons (Fsp3) is 0.250. The van der Waals surface area contributed by atoms with Crippen LogP contribution in [-0.2, 0) is 17.6 Å². The van der Waals surface area contributed by atoms with Crippen LogP contribution in [0, 0.1) is 0 Å². The lowest BCUT2D eigenvalue weighted by molar-refractivity contribution is 0.0601. The summed E-state index contributed by atoms with van der Waals surface area (Å²) in [6.07, 6.45) is 2.97. The first-order valence-electron chi connectivity index (χ1n) is 7.25. The van der Waals surface area contributed by atoms with E-state index in [1.807, 2.05) is 12.1 Å². The van der Waals surface area contributed by atoms with E-state index in [4.69, 9.17) is 28.6 Å². The van der Waals surface area contributed by atoms with Gasteiger partial charge in [0, 0.05) is 15.0 Å². The number of methoxy groups -OCH3 is 1. The van der Waals surface area contributed by atoms with Gasteiger partial charge in [0.1, 0.15) is 5.00 Å².